The predicted octanol–water partition coefficient (Wildman–Crippen LogP) is 1.35. The summed E-state index contributed by atoms with van der Waals surface area (Å²) in [5.74, 6) is 0.456. The molecule has 0 aromatic rings. The first-order valence-electron chi connectivity index (χ1n) is 3.71. The van der Waals surface area contributed by atoms with Gasteiger partial charge in [0, 0.05) is 0 Å². The lowest BCUT2D eigenvalue weighted by Gasteiger charge is -2.13. The van der Waals surface area contributed by atoms with E-state index < -0.39 is 6.48 Å². The number of hydrogen-bond acceptors (Lipinski definition) is 3. The Balaban J connectivity index is 2.19. The molecule has 0 saturated carbocycles. The van der Waals surface area contributed by atoms with Gasteiger partial charge in [0.05, 0.1) is 18.6 Å². The van der Waals surface area contributed by atoms with Crippen molar-refractivity contribution in [1.82, 2.24) is 0 Å². The quantitative estimate of drug-likeness (QED) is 0.614. The van der Waals surface area contributed by atoms with Crippen LogP contribution in [0.1, 0.15) is 13.8 Å². The summed E-state index contributed by atoms with van der Waals surface area (Å²) < 4.78 is 15.6. The van der Waals surface area contributed by atoms with Crippen molar-refractivity contribution in [1.29, 1.82) is 0 Å². The predicted molar refractivity (Wildman–Crippen MR) is 41.6 cm³/mol. The third-order valence-corrected chi connectivity index (χ3v) is 1.62. The molecular weight excluding hydrogens is 168 g/mol. The van der Waals surface area contributed by atoms with Gasteiger partial charge in [-0.15, -0.1) is 11.6 Å². The van der Waals surface area contributed by atoms with Gasteiger partial charge in [-0.05, 0) is 13.8 Å². The number of hydrogen-bond donors (Lipinski definition) is 0. The third kappa shape index (κ3) is 2.95. The van der Waals surface area contributed by atoms with Crippen molar-refractivity contribution in [2.24, 2.45) is 0 Å². The fraction of sp³-hybridized carbons (Fsp3) is 1.00. The van der Waals surface area contributed by atoms with Crippen molar-refractivity contribution >= 4 is 11.6 Å². The van der Waals surface area contributed by atoms with E-state index in [2.05, 4.69) is 0 Å². The zero-order valence-electron chi connectivity index (χ0n) is 6.75. The lowest BCUT2D eigenvalue weighted by Crippen LogP contribution is -2.19. The number of alkyl halides is 1. The molecule has 0 aromatic carbocycles. The van der Waals surface area contributed by atoms with Gasteiger partial charge in [0.2, 0.25) is 0 Å². The molecule has 2 atom stereocenters. The van der Waals surface area contributed by atoms with Gasteiger partial charge in [0.25, 0.3) is 6.48 Å². The summed E-state index contributed by atoms with van der Waals surface area (Å²) in [5.41, 5.74) is 0. The molecule has 1 fully saturated rings. The summed E-state index contributed by atoms with van der Waals surface area (Å²) in [6, 6.07) is 0. The summed E-state index contributed by atoms with van der Waals surface area (Å²) in [7, 11) is 0. The Morgan fingerprint density at radius 2 is 2.36 bits per heavy atom. The van der Waals surface area contributed by atoms with Gasteiger partial charge in [-0.2, -0.15) is 0 Å². The summed E-state index contributed by atoms with van der Waals surface area (Å²) in [6.45, 7) is 3.88. The highest BCUT2D eigenvalue weighted by atomic mass is 35.5. The van der Waals surface area contributed by atoms with Gasteiger partial charge in [-0.1, -0.05) is 0 Å². The Bertz CT molecular complexity index is 118. The van der Waals surface area contributed by atoms with E-state index in [-0.39, 0.29) is 12.2 Å². The maximum Gasteiger partial charge on any atom is 0.272 e. The molecule has 0 aliphatic carbocycles. The molecule has 3 nitrogen and oxygen atoms in total. The molecule has 0 bridgehead atoms. The van der Waals surface area contributed by atoms with E-state index in [0.29, 0.717) is 12.5 Å². The van der Waals surface area contributed by atoms with Crippen LogP contribution in [0.15, 0.2) is 0 Å². The van der Waals surface area contributed by atoms with Crippen molar-refractivity contribution in [3.8, 4) is 0 Å². The first-order valence-corrected chi connectivity index (χ1v) is 4.24. The molecule has 0 aromatic heterocycles. The minimum atomic E-state index is -0.515. The second-order valence-electron chi connectivity index (χ2n) is 2.72. The topological polar surface area (TPSA) is 27.7 Å². The van der Waals surface area contributed by atoms with Crippen LogP contribution in [0.3, 0.4) is 0 Å². The standard InChI is InChI=1S/C7H13ClO3/c1-5(2)10-7-9-4-6(3-8)11-7/h5-7H,3-4H2,1-2H3. The number of rotatable bonds is 3. The van der Waals surface area contributed by atoms with Crippen LogP contribution in [0, 0.1) is 0 Å². The minimum Gasteiger partial charge on any atom is -0.327 e. The largest absolute Gasteiger partial charge is 0.327 e. The fourth-order valence-electron chi connectivity index (χ4n) is 0.796. The van der Waals surface area contributed by atoms with Gasteiger partial charge in [0.15, 0.2) is 0 Å². The van der Waals surface area contributed by atoms with Crippen LogP contribution in [0.25, 0.3) is 0 Å². The molecule has 0 spiro atoms. The van der Waals surface area contributed by atoms with Crippen LogP contribution >= 0.6 is 11.6 Å². The molecule has 0 N–H and O–H groups in total. The van der Waals surface area contributed by atoms with Crippen LogP contribution in [-0.4, -0.2) is 31.2 Å². The highest BCUT2D eigenvalue weighted by molar-refractivity contribution is 6.18. The van der Waals surface area contributed by atoms with Crippen molar-refractivity contribution in [2.45, 2.75) is 32.5 Å². The van der Waals surface area contributed by atoms with Crippen molar-refractivity contribution < 1.29 is 14.2 Å². The molecule has 66 valence electrons. The number of halogens is 1. The Morgan fingerprint density at radius 1 is 1.64 bits per heavy atom. The Kier molecular flexibility index (Phi) is 3.59. The van der Waals surface area contributed by atoms with Crippen LogP contribution < -0.4 is 0 Å². The second kappa shape index (κ2) is 4.26. The first-order chi connectivity index (χ1) is 5.22. The summed E-state index contributed by atoms with van der Waals surface area (Å²) in [5, 5.41) is 0. The van der Waals surface area contributed by atoms with Crippen molar-refractivity contribution in [3.63, 3.8) is 0 Å². The van der Waals surface area contributed by atoms with Gasteiger partial charge < -0.3 is 14.2 Å². The molecule has 1 rings (SSSR count). The lowest BCUT2D eigenvalue weighted by atomic mass is 10.4. The SMILES string of the molecule is CC(C)OC1OCC(CCl)O1. The average Bonchev–Trinajstić information content (AvgIpc) is 2.34. The smallest absolute Gasteiger partial charge is 0.272 e. The first kappa shape index (κ1) is 9.26. The molecule has 4 heteroatoms. The van der Waals surface area contributed by atoms with Crippen molar-refractivity contribution in [3.05, 3.63) is 0 Å². The van der Waals surface area contributed by atoms with E-state index in [0.717, 1.165) is 0 Å². The van der Waals surface area contributed by atoms with E-state index in [1.165, 1.54) is 0 Å². The van der Waals surface area contributed by atoms with Crippen LogP contribution in [0.5, 0.6) is 0 Å². The lowest BCUT2D eigenvalue weighted by molar-refractivity contribution is -0.251. The van der Waals surface area contributed by atoms with Gasteiger partial charge in [-0.3, -0.25) is 0 Å². The highest BCUT2D eigenvalue weighted by Crippen LogP contribution is 2.14. The van der Waals surface area contributed by atoms with E-state index in [4.69, 9.17) is 25.8 Å². The fourth-order valence-corrected chi connectivity index (χ4v) is 0.958. The maximum atomic E-state index is 5.55. The molecule has 11 heavy (non-hydrogen) atoms. The minimum absolute atomic E-state index is 0.0135. The molecule has 0 radical (unpaired) electrons. The molecule has 1 heterocycles. The van der Waals surface area contributed by atoms with Crippen LogP contribution in [-0.2, 0) is 14.2 Å². The highest BCUT2D eigenvalue weighted by Gasteiger charge is 2.26. The van der Waals surface area contributed by atoms with E-state index in [1.807, 2.05) is 13.8 Å². The Hall–Kier alpha value is 0.170. The van der Waals surface area contributed by atoms with Crippen LogP contribution in [0.2, 0.25) is 0 Å². The Morgan fingerprint density at radius 3 is 2.82 bits per heavy atom. The summed E-state index contributed by atoms with van der Waals surface area (Å²) in [6.07, 6.45) is 0.106. The second-order valence-corrected chi connectivity index (χ2v) is 3.03. The normalized spacial score (nSPS) is 31.6. The molecule has 1 aliphatic rings. The van der Waals surface area contributed by atoms with E-state index >= 15 is 0 Å². The van der Waals surface area contributed by atoms with Crippen molar-refractivity contribution in [2.75, 3.05) is 12.5 Å². The Labute approximate surface area is 71.6 Å². The van der Waals surface area contributed by atoms with Gasteiger partial charge in [0.1, 0.15) is 6.10 Å². The molecule has 2 unspecified atom stereocenters. The molecule has 1 aliphatic heterocycles. The van der Waals surface area contributed by atoms with Gasteiger partial charge >= 0.3 is 0 Å². The molecular formula is C7H13ClO3. The van der Waals surface area contributed by atoms with Crippen LogP contribution in [0.4, 0.5) is 0 Å². The monoisotopic (exact) mass is 180 g/mol. The summed E-state index contributed by atoms with van der Waals surface area (Å²) in [4.78, 5) is 0. The zero-order chi connectivity index (χ0) is 8.27. The molecule has 0 amide bonds. The van der Waals surface area contributed by atoms with E-state index in [9.17, 15) is 0 Å². The maximum absolute atomic E-state index is 5.55. The van der Waals surface area contributed by atoms with E-state index in [1.54, 1.807) is 0 Å². The number of ether oxygens (including phenoxy) is 3. The third-order valence-electron chi connectivity index (χ3n) is 1.28. The molecule has 1 saturated heterocycles. The zero-order valence-corrected chi connectivity index (χ0v) is 7.50. The summed E-state index contributed by atoms with van der Waals surface area (Å²) >= 11 is 5.55. The average molecular weight is 181 g/mol. The van der Waals surface area contributed by atoms with Gasteiger partial charge in [-0.25, -0.2) is 0 Å².